The Morgan fingerprint density at radius 2 is 1.64 bits per heavy atom. The van der Waals surface area contributed by atoms with Crippen LogP contribution in [0.4, 0.5) is 5.82 Å². The van der Waals surface area contributed by atoms with E-state index in [9.17, 15) is 9.90 Å². The minimum Gasteiger partial charge on any atom is -0.481 e. The Morgan fingerprint density at radius 1 is 0.917 bits per heavy atom. The summed E-state index contributed by atoms with van der Waals surface area (Å²) < 4.78 is 5.95. The highest BCUT2D eigenvalue weighted by Gasteiger charge is 2.40. The summed E-state index contributed by atoms with van der Waals surface area (Å²) in [4.78, 5) is 25.6. The number of carboxylic acid groups (broad SMARTS) is 1. The highest BCUT2D eigenvalue weighted by Crippen LogP contribution is 2.42. The molecule has 2 aromatic heterocycles. The summed E-state index contributed by atoms with van der Waals surface area (Å²) in [5, 5.41) is 13.4. The van der Waals surface area contributed by atoms with Gasteiger partial charge in [0.05, 0.1) is 11.6 Å². The molecule has 0 amide bonds. The van der Waals surface area contributed by atoms with Crippen molar-refractivity contribution in [2.24, 2.45) is 11.3 Å². The monoisotopic (exact) mass is 482 g/mol. The van der Waals surface area contributed by atoms with E-state index in [2.05, 4.69) is 20.3 Å². The number of nitrogens with one attached hydrogen (secondary N) is 1. The zero-order valence-electron chi connectivity index (χ0n) is 20.6. The van der Waals surface area contributed by atoms with Gasteiger partial charge in [-0.2, -0.15) is 4.98 Å². The van der Waals surface area contributed by atoms with E-state index in [1.54, 1.807) is 18.5 Å². The molecule has 0 spiro atoms. The molecule has 2 heterocycles. The largest absolute Gasteiger partial charge is 0.481 e. The number of carboxylic acids is 1. The average molecular weight is 483 g/mol. The molecule has 184 valence electrons. The van der Waals surface area contributed by atoms with Crippen molar-refractivity contribution in [2.75, 3.05) is 5.32 Å². The molecule has 36 heavy (non-hydrogen) atoms. The first-order chi connectivity index (χ1) is 17.3. The SMILES string of the molecule is CC(C)(C)C(C(=O)O)C(c1ccccc1)c1ccnc(Oc2ccc(CNc3ccccn3)cc2)n1. The zero-order chi connectivity index (χ0) is 25.5. The van der Waals surface area contributed by atoms with Crippen LogP contribution in [-0.4, -0.2) is 26.0 Å². The Balaban J connectivity index is 1.55. The summed E-state index contributed by atoms with van der Waals surface area (Å²) >= 11 is 0. The third-order valence-electron chi connectivity index (χ3n) is 5.94. The lowest BCUT2D eigenvalue weighted by atomic mass is 9.69. The molecule has 2 N–H and O–H groups in total. The van der Waals surface area contributed by atoms with Gasteiger partial charge in [0.15, 0.2) is 0 Å². The van der Waals surface area contributed by atoms with Crippen LogP contribution in [0.25, 0.3) is 0 Å². The second-order valence-electron chi connectivity index (χ2n) is 9.65. The number of benzene rings is 2. The highest BCUT2D eigenvalue weighted by atomic mass is 16.5. The van der Waals surface area contributed by atoms with E-state index < -0.39 is 23.2 Å². The second-order valence-corrected chi connectivity index (χ2v) is 9.65. The van der Waals surface area contributed by atoms with Crippen LogP contribution in [-0.2, 0) is 11.3 Å². The molecule has 0 saturated heterocycles. The summed E-state index contributed by atoms with van der Waals surface area (Å²) in [6, 6.07) is 24.9. The van der Waals surface area contributed by atoms with Crippen molar-refractivity contribution in [1.29, 1.82) is 0 Å². The molecule has 0 aliphatic carbocycles. The first-order valence-corrected chi connectivity index (χ1v) is 11.8. The molecule has 0 fully saturated rings. The predicted molar refractivity (Wildman–Crippen MR) is 139 cm³/mol. The van der Waals surface area contributed by atoms with Gasteiger partial charge in [0.2, 0.25) is 0 Å². The maximum Gasteiger partial charge on any atom is 0.322 e. The fourth-order valence-corrected chi connectivity index (χ4v) is 4.22. The Morgan fingerprint density at radius 3 is 2.28 bits per heavy atom. The molecule has 2 aromatic carbocycles. The number of anilines is 1. The van der Waals surface area contributed by atoms with Gasteiger partial charge in [-0.3, -0.25) is 4.79 Å². The molecular formula is C29H30N4O3. The molecule has 7 nitrogen and oxygen atoms in total. The molecule has 0 aliphatic heterocycles. The van der Waals surface area contributed by atoms with Crippen LogP contribution in [0, 0.1) is 11.3 Å². The number of aliphatic carboxylic acids is 1. The van der Waals surface area contributed by atoms with Crippen molar-refractivity contribution in [1.82, 2.24) is 15.0 Å². The average Bonchev–Trinajstić information content (AvgIpc) is 2.87. The van der Waals surface area contributed by atoms with Crippen LogP contribution >= 0.6 is 0 Å². The van der Waals surface area contributed by atoms with Gasteiger partial charge in [0, 0.05) is 24.9 Å². The van der Waals surface area contributed by atoms with Gasteiger partial charge >= 0.3 is 12.0 Å². The summed E-state index contributed by atoms with van der Waals surface area (Å²) in [5.74, 6) is -0.628. The van der Waals surface area contributed by atoms with Crippen molar-refractivity contribution < 1.29 is 14.6 Å². The molecule has 0 bridgehead atoms. The number of nitrogens with zero attached hydrogens (tertiary/aromatic N) is 3. The number of ether oxygens (including phenoxy) is 1. The topological polar surface area (TPSA) is 97.2 Å². The standard InChI is InChI=1S/C29H30N4O3/c1-29(2,3)26(27(34)35)25(21-9-5-4-6-10-21)23-16-18-31-28(33-23)36-22-14-12-20(13-15-22)19-32-24-11-7-8-17-30-24/h4-18,25-26H,19H2,1-3H3,(H,30,32)(H,34,35). The van der Waals surface area contributed by atoms with Crippen LogP contribution < -0.4 is 10.1 Å². The van der Waals surface area contributed by atoms with Crippen LogP contribution in [0.2, 0.25) is 0 Å². The molecular weight excluding hydrogens is 452 g/mol. The first-order valence-electron chi connectivity index (χ1n) is 11.8. The zero-order valence-corrected chi connectivity index (χ0v) is 20.6. The van der Waals surface area contributed by atoms with E-state index in [1.165, 1.54) is 0 Å². The minimum atomic E-state index is -0.868. The third kappa shape index (κ3) is 6.24. The van der Waals surface area contributed by atoms with Gasteiger partial charge in [-0.05, 0) is 46.9 Å². The third-order valence-corrected chi connectivity index (χ3v) is 5.94. The molecule has 0 saturated carbocycles. The number of hydrogen-bond donors (Lipinski definition) is 2. The number of carbonyl (C=O) groups is 1. The normalized spacial score (nSPS) is 13.0. The van der Waals surface area contributed by atoms with Gasteiger partial charge in [0.1, 0.15) is 11.6 Å². The van der Waals surface area contributed by atoms with Crippen LogP contribution in [0.3, 0.4) is 0 Å². The van der Waals surface area contributed by atoms with Crippen LogP contribution in [0.5, 0.6) is 11.8 Å². The van der Waals surface area contributed by atoms with E-state index in [1.807, 2.05) is 93.6 Å². The van der Waals surface area contributed by atoms with Gasteiger partial charge in [-0.25, -0.2) is 9.97 Å². The van der Waals surface area contributed by atoms with E-state index in [-0.39, 0.29) is 6.01 Å². The lowest BCUT2D eigenvalue weighted by Gasteiger charge is -2.34. The lowest BCUT2D eigenvalue weighted by molar-refractivity contribution is -0.146. The Hall–Kier alpha value is -4.26. The lowest BCUT2D eigenvalue weighted by Crippen LogP contribution is -2.35. The van der Waals surface area contributed by atoms with Crippen LogP contribution in [0.1, 0.15) is 43.5 Å². The Labute approximate surface area is 211 Å². The Bertz CT molecular complexity index is 1270. The molecule has 2 atom stereocenters. The first kappa shape index (κ1) is 24.9. The predicted octanol–water partition coefficient (Wildman–Crippen LogP) is 6.15. The minimum absolute atomic E-state index is 0.172. The van der Waals surface area contributed by atoms with E-state index >= 15 is 0 Å². The molecule has 4 aromatic rings. The number of pyridine rings is 1. The van der Waals surface area contributed by atoms with E-state index in [0.29, 0.717) is 18.0 Å². The van der Waals surface area contributed by atoms with E-state index in [0.717, 1.165) is 16.9 Å². The van der Waals surface area contributed by atoms with Crippen LogP contribution in [0.15, 0.2) is 91.3 Å². The molecule has 0 radical (unpaired) electrons. The van der Waals surface area contributed by atoms with Crippen molar-refractivity contribution in [3.63, 3.8) is 0 Å². The molecule has 7 heteroatoms. The highest BCUT2D eigenvalue weighted by molar-refractivity contribution is 5.73. The van der Waals surface area contributed by atoms with Crippen molar-refractivity contribution in [3.05, 3.63) is 108 Å². The van der Waals surface area contributed by atoms with Gasteiger partial charge < -0.3 is 15.2 Å². The fraction of sp³-hybridized carbons (Fsp3) is 0.241. The fourth-order valence-electron chi connectivity index (χ4n) is 4.22. The summed E-state index contributed by atoms with van der Waals surface area (Å²) in [5.41, 5.74) is 2.05. The van der Waals surface area contributed by atoms with Crippen molar-refractivity contribution in [3.8, 4) is 11.8 Å². The van der Waals surface area contributed by atoms with Crippen molar-refractivity contribution in [2.45, 2.75) is 33.2 Å². The maximum atomic E-state index is 12.4. The molecule has 0 aliphatic rings. The number of hydrogen-bond acceptors (Lipinski definition) is 6. The van der Waals surface area contributed by atoms with Gasteiger partial charge in [-0.1, -0.05) is 69.3 Å². The van der Waals surface area contributed by atoms with Crippen molar-refractivity contribution >= 4 is 11.8 Å². The summed E-state index contributed by atoms with van der Waals surface area (Å²) in [6.45, 7) is 6.44. The van der Waals surface area contributed by atoms with E-state index in [4.69, 9.17) is 4.74 Å². The maximum absolute atomic E-state index is 12.4. The quantitative estimate of drug-likeness (QED) is 0.295. The number of rotatable bonds is 9. The second kappa shape index (κ2) is 11.0. The molecule has 2 unspecified atom stereocenters. The van der Waals surface area contributed by atoms with Gasteiger partial charge in [0.25, 0.3) is 0 Å². The summed E-state index contributed by atoms with van der Waals surface area (Å²) in [7, 11) is 0. The number of aromatic nitrogens is 3. The Kier molecular flexibility index (Phi) is 7.59. The van der Waals surface area contributed by atoms with Gasteiger partial charge in [-0.15, -0.1) is 0 Å². The molecule has 4 rings (SSSR count). The smallest absolute Gasteiger partial charge is 0.322 e. The summed E-state index contributed by atoms with van der Waals surface area (Å²) in [6.07, 6.45) is 3.36.